The minimum absolute atomic E-state index is 0.0510. The first kappa shape index (κ1) is 48.2. The molecule has 0 heterocycles. The summed E-state index contributed by atoms with van der Waals surface area (Å²) in [6, 6.07) is 9.95. The zero-order chi connectivity index (χ0) is 45.2. The molecule has 0 aromatic heterocycles. The van der Waals surface area contributed by atoms with E-state index in [4.69, 9.17) is 16.2 Å². The Labute approximate surface area is 344 Å². The van der Waals surface area contributed by atoms with E-state index in [1.807, 2.05) is 0 Å². The third-order valence-corrected chi connectivity index (χ3v) is 8.81. The van der Waals surface area contributed by atoms with Crippen LogP contribution in [-0.2, 0) is 52.8 Å². The Morgan fingerprint density at radius 2 is 1.07 bits per heavy atom. The Kier molecular flexibility index (Phi) is 18.6. The summed E-state index contributed by atoms with van der Waals surface area (Å²) in [7, 11) is 0. The zero-order valence-corrected chi connectivity index (χ0v) is 32.2. The lowest BCUT2D eigenvalue weighted by Gasteiger charge is -2.26. The summed E-state index contributed by atoms with van der Waals surface area (Å²) in [6.45, 7) is -0.751. The highest BCUT2D eigenvalue weighted by molar-refractivity contribution is 5.95. The van der Waals surface area contributed by atoms with E-state index in [9.17, 15) is 60.6 Å². The fraction of sp³-hybridized carbons (Fsp3) is 0.333. The minimum atomic E-state index is -2.43. The highest BCUT2D eigenvalue weighted by Crippen LogP contribution is 2.23. The largest absolute Gasteiger partial charge is 0.481 e. The summed E-state index contributed by atoms with van der Waals surface area (Å²) in [5.74, 6) is -20.0. The Balaban J connectivity index is 1.88. The van der Waals surface area contributed by atoms with Gasteiger partial charge in [-0.05, 0) is 30.4 Å². The average molecular weight is 863 g/mol. The second-order valence-electron chi connectivity index (χ2n) is 13.4. The second kappa shape index (κ2) is 23.5. The van der Waals surface area contributed by atoms with Crippen molar-refractivity contribution in [3.8, 4) is 0 Å². The third kappa shape index (κ3) is 15.5. The van der Waals surface area contributed by atoms with E-state index in [1.165, 1.54) is 0 Å². The van der Waals surface area contributed by atoms with Gasteiger partial charge in [-0.25, -0.2) is 26.7 Å². The predicted octanol–water partition coefficient (Wildman–Crippen LogP) is 0.678. The van der Waals surface area contributed by atoms with Crippen LogP contribution in [0.5, 0.6) is 0 Å². The molecule has 22 heteroatoms. The van der Waals surface area contributed by atoms with Crippen molar-refractivity contribution in [1.82, 2.24) is 31.9 Å². The van der Waals surface area contributed by atoms with Gasteiger partial charge in [0, 0.05) is 31.4 Å². The van der Waals surface area contributed by atoms with Gasteiger partial charge in [0.1, 0.15) is 24.2 Å². The molecule has 0 aliphatic rings. The molecular weight excluding hydrogens is 819 g/mol. The number of halogens is 5. The molecule has 0 fully saturated rings. The monoisotopic (exact) mass is 862 g/mol. The van der Waals surface area contributed by atoms with Gasteiger partial charge < -0.3 is 47.8 Å². The molecule has 61 heavy (non-hydrogen) atoms. The van der Waals surface area contributed by atoms with Crippen molar-refractivity contribution in [2.24, 2.45) is 5.73 Å². The molecule has 0 spiro atoms. The number of guanidine groups is 1. The molecule has 0 aliphatic heterocycles. The van der Waals surface area contributed by atoms with Crippen LogP contribution < -0.4 is 37.6 Å². The van der Waals surface area contributed by atoms with Crippen LogP contribution in [0.25, 0.3) is 0 Å². The van der Waals surface area contributed by atoms with Crippen LogP contribution in [0.15, 0.2) is 60.7 Å². The molecule has 3 aromatic rings. The van der Waals surface area contributed by atoms with Gasteiger partial charge in [0.25, 0.3) is 0 Å². The van der Waals surface area contributed by atoms with Gasteiger partial charge in [-0.3, -0.25) is 34.2 Å². The minimum Gasteiger partial charge on any atom is -0.481 e. The van der Waals surface area contributed by atoms with Gasteiger partial charge >= 0.3 is 11.9 Å². The predicted molar refractivity (Wildman–Crippen MR) is 205 cm³/mol. The van der Waals surface area contributed by atoms with E-state index in [1.54, 1.807) is 60.7 Å². The van der Waals surface area contributed by atoms with Crippen LogP contribution >= 0.6 is 0 Å². The molecule has 17 nitrogen and oxygen atoms in total. The zero-order valence-electron chi connectivity index (χ0n) is 32.2. The number of amides is 5. The van der Waals surface area contributed by atoms with Crippen molar-refractivity contribution in [2.75, 3.05) is 13.1 Å². The molecule has 3 aromatic carbocycles. The first-order valence-electron chi connectivity index (χ1n) is 18.5. The first-order valence-corrected chi connectivity index (χ1v) is 18.5. The average Bonchev–Trinajstić information content (AvgIpc) is 3.22. The summed E-state index contributed by atoms with van der Waals surface area (Å²) in [4.78, 5) is 89.4. The van der Waals surface area contributed by atoms with Crippen LogP contribution in [0.4, 0.5) is 22.0 Å². The fourth-order valence-corrected chi connectivity index (χ4v) is 5.73. The summed E-state index contributed by atoms with van der Waals surface area (Å²) in [5, 5.41) is 39.7. The molecule has 0 saturated carbocycles. The standard InChI is InChI=1S/C39H43F5N8O9/c40-30-22(31(41)33(43)34(44)32(30)42)18-27(53)50-25(16-20-8-3-1-4-9-20)36(58)52-26(17-21-10-5-2-6-11-21)37(59)51-23(12-7-15-47-39(45)46)35(57)48-19-28(54)49-24(38(60)61)13-14-29(55)56/h1-6,8-11,23-26H,7,12-19H2,(H,48,57)(H,49,54)(H,50,53)(H,51,59)(H,52,58)(H,55,56)(H,60,61)(H4,45,46,47). The number of nitrogens with one attached hydrogen (secondary N) is 7. The van der Waals surface area contributed by atoms with Crippen LogP contribution in [0, 0.1) is 34.5 Å². The maximum absolute atomic E-state index is 14.5. The Bertz CT molecular complexity index is 2050. The number of carbonyl (C=O) groups is 7. The quantitative estimate of drug-likeness (QED) is 0.0158. The van der Waals surface area contributed by atoms with Crippen LogP contribution in [0.3, 0.4) is 0 Å². The molecule has 0 saturated heterocycles. The molecule has 0 radical (unpaired) electrons. The summed E-state index contributed by atoms with van der Waals surface area (Å²) >= 11 is 0. The molecule has 0 aliphatic carbocycles. The summed E-state index contributed by atoms with van der Waals surface area (Å²) in [6.07, 6.45) is -2.96. The van der Waals surface area contributed by atoms with Crippen LogP contribution in [-0.4, -0.2) is 94.9 Å². The van der Waals surface area contributed by atoms with Gasteiger partial charge in [0.15, 0.2) is 29.2 Å². The fourth-order valence-electron chi connectivity index (χ4n) is 5.73. The SMILES string of the molecule is N=C(N)NCCCC(NC(=O)C(Cc1ccccc1)NC(=O)C(Cc1ccccc1)NC(=O)Cc1c(F)c(F)c(F)c(F)c1F)C(=O)NCC(=O)NC(CCC(=O)O)C(=O)O. The van der Waals surface area contributed by atoms with E-state index in [0.717, 1.165) is 0 Å². The number of carbonyl (C=O) groups excluding carboxylic acids is 5. The Hall–Kier alpha value is -7.13. The molecule has 0 bridgehead atoms. The van der Waals surface area contributed by atoms with E-state index in [-0.39, 0.29) is 32.2 Å². The maximum atomic E-state index is 14.5. The molecule has 3 rings (SSSR count). The van der Waals surface area contributed by atoms with Crippen molar-refractivity contribution >= 4 is 47.4 Å². The van der Waals surface area contributed by atoms with E-state index in [2.05, 4.69) is 31.9 Å². The number of hydrogen-bond donors (Lipinski definition) is 10. The maximum Gasteiger partial charge on any atom is 0.326 e. The normalized spacial score (nSPS) is 12.7. The van der Waals surface area contributed by atoms with E-state index >= 15 is 0 Å². The lowest BCUT2D eigenvalue weighted by molar-refractivity contribution is -0.143. The number of carboxylic acids is 2. The van der Waals surface area contributed by atoms with Crippen molar-refractivity contribution in [3.63, 3.8) is 0 Å². The van der Waals surface area contributed by atoms with Crippen LogP contribution in [0.1, 0.15) is 42.4 Å². The van der Waals surface area contributed by atoms with Crippen molar-refractivity contribution in [1.29, 1.82) is 5.41 Å². The summed E-state index contributed by atoms with van der Waals surface area (Å²) in [5.41, 5.74) is 4.81. The number of hydrogen-bond acceptors (Lipinski definition) is 8. The van der Waals surface area contributed by atoms with Crippen molar-refractivity contribution in [3.05, 3.63) is 106 Å². The molecule has 328 valence electrons. The van der Waals surface area contributed by atoms with E-state index < -0.39 is 132 Å². The summed E-state index contributed by atoms with van der Waals surface area (Å²) < 4.78 is 70.4. The topological polar surface area (TPSA) is 282 Å². The van der Waals surface area contributed by atoms with Crippen LogP contribution in [0.2, 0.25) is 0 Å². The van der Waals surface area contributed by atoms with Gasteiger partial charge in [-0.2, -0.15) is 0 Å². The number of nitrogens with two attached hydrogens (primary N) is 1. The smallest absolute Gasteiger partial charge is 0.326 e. The van der Waals surface area contributed by atoms with Gasteiger partial charge in [-0.15, -0.1) is 0 Å². The number of benzene rings is 3. The number of rotatable bonds is 23. The lowest BCUT2D eigenvalue weighted by atomic mass is 10.0. The lowest BCUT2D eigenvalue weighted by Crippen LogP contribution is -2.58. The molecular formula is C39H43F5N8O9. The Morgan fingerprint density at radius 1 is 0.590 bits per heavy atom. The molecule has 5 amide bonds. The molecule has 11 N–H and O–H groups in total. The van der Waals surface area contributed by atoms with E-state index in [0.29, 0.717) is 11.1 Å². The highest BCUT2D eigenvalue weighted by Gasteiger charge is 2.32. The number of aliphatic carboxylic acids is 2. The highest BCUT2D eigenvalue weighted by atomic mass is 19.2. The molecule has 4 unspecified atom stereocenters. The molecule has 4 atom stereocenters. The second-order valence-corrected chi connectivity index (χ2v) is 13.4. The van der Waals surface area contributed by atoms with Crippen molar-refractivity contribution < 1.29 is 65.7 Å². The first-order chi connectivity index (χ1) is 28.9. The van der Waals surface area contributed by atoms with Crippen molar-refractivity contribution in [2.45, 2.75) is 69.1 Å². The third-order valence-electron chi connectivity index (χ3n) is 8.81. The van der Waals surface area contributed by atoms with Gasteiger partial charge in [-0.1, -0.05) is 60.7 Å². The van der Waals surface area contributed by atoms with Gasteiger partial charge in [0.2, 0.25) is 35.4 Å². The Morgan fingerprint density at radius 3 is 1.56 bits per heavy atom. The van der Waals surface area contributed by atoms with Gasteiger partial charge in [0.05, 0.1) is 13.0 Å². The number of carboxylic acid groups (broad SMARTS) is 2.